The minimum absolute atomic E-state index is 0.0687. The number of hydrogen-bond acceptors (Lipinski definition) is 5. The number of carbonyl (C=O) groups excluding carboxylic acids is 1. The second-order valence-electron chi connectivity index (χ2n) is 7.97. The van der Waals surface area contributed by atoms with E-state index in [2.05, 4.69) is 4.98 Å². The van der Waals surface area contributed by atoms with Crippen molar-refractivity contribution in [2.45, 2.75) is 18.6 Å². The van der Waals surface area contributed by atoms with Crippen molar-refractivity contribution in [1.29, 1.82) is 0 Å². The number of pyridine rings is 1. The van der Waals surface area contributed by atoms with Gasteiger partial charge in [0.1, 0.15) is 17.4 Å². The molecule has 1 unspecified atom stereocenters. The summed E-state index contributed by atoms with van der Waals surface area (Å²) in [5, 5.41) is -0.259. The molecule has 0 bridgehead atoms. The number of anilines is 1. The molecule has 0 radical (unpaired) electrons. The molecule has 0 aliphatic heterocycles. The van der Waals surface area contributed by atoms with Gasteiger partial charge in [0.2, 0.25) is 10.0 Å². The average molecular weight is 556 g/mol. The summed E-state index contributed by atoms with van der Waals surface area (Å²) in [6.45, 7) is 1.45. The average Bonchev–Trinajstić information content (AvgIpc) is 3.19. The summed E-state index contributed by atoms with van der Waals surface area (Å²) in [5.74, 6) is 0.376. The number of allylic oxidation sites excluding steroid dienone is 3. The number of Topliss-reactive ketones (excluding diaryl/α,β-unsaturated/α-hetero) is 1. The van der Waals surface area contributed by atoms with Crippen LogP contribution in [0.2, 0.25) is 0 Å². The molecule has 13 heteroatoms. The van der Waals surface area contributed by atoms with Gasteiger partial charge in [-0.05, 0) is 55.5 Å². The minimum atomic E-state index is -4.79. The van der Waals surface area contributed by atoms with Crippen molar-refractivity contribution < 1.29 is 27.6 Å². The first-order valence-corrected chi connectivity index (χ1v) is 14.3. The first kappa shape index (κ1) is 25.6. The number of aromatic nitrogens is 2. The van der Waals surface area contributed by atoms with Crippen LogP contribution < -0.4 is 4.31 Å². The van der Waals surface area contributed by atoms with Gasteiger partial charge in [-0.1, -0.05) is 23.2 Å². The molecule has 2 aromatic heterocycles. The lowest BCUT2D eigenvalue weighted by molar-refractivity contribution is 0.101. The Labute approximate surface area is 211 Å². The maximum absolute atomic E-state index is 13.5. The molecule has 35 heavy (non-hydrogen) atoms. The van der Waals surface area contributed by atoms with E-state index >= 15 is 0 Å². The number of hydrogen-bond donors (Lipinski definition) is 2. The number of sulfonamides is 1. The van der Waals surface area contributed by atoms with Crippen LogP contribution in [0.4, 0.5) is 5.69 Å². The van der Waals surface area contributed by atoms with Crippen LogP contribution in [0.15, 0.2) is 71.0 Å². The summed E-state index contributed by atoms with van der Waals surface area (Å²) in [5.41, 5.74) is 1.21. The SMILES string of the molecule is CC(=O)c1ccnc(-n2ccc3cc(N(CP(=O)(O)O)S(=O)(=O)C4C=C(Cl)C=C(Cl)C4)ccc32)c1. The zero-order valence-electron chi connectivity index (χ0n) is 18.2. The van der Waals surface area contributed by atoms with Crippen molar-refractivity contribution in [1.82, 2.24) is 9.55 Å². The topological polar surface area (TPSA) is 130 Å². The van der Waals surface area contributed by atoms with E-state index in [0.717, 1.165) is 0 Å². The highest BCUT2D eigenvalue weighted by atomic mass is 35.5. The summed E-state index contributed by atoms with van der Waals surface area (Å²) in [4.78, 5) is 35.3. The van der Waals surface area contributed by atoms with Crippen molar-refractivity contribution in [3.63, 3.8) is 0 Å². The first-order chi connectivity index (χ1) is 16.3. The Kier molecular flexibility index (Phi) is 6.98. The van der Waals surface area contributed by atoms with Crippen LogP contribution in [-0.2, 0) is 14.6 Å². The molecule has 1 aliphatic carbocycles. The third-order valence-electron chi connectivity index (χ3n) is 5.40. The molecule has 2 N–H and O–H groups in total. The molecule has 0 amide bonds. The quantitative estimate of drug-likeness (QED) is 0.324. The third-order valence-corrected chi connectivity index (χ3v) is 8.76. The van der Waals surface area contributed by atoms with Gasteiger partial charge in [-0.15, -0.1) is 0 Å². The predicted octanol–water partition coefficient (Wildman–Crippen LogP) is 4.52. The number of nitrogens with zero attached hydrogens (tertiary/aromatic N) is 3. The molecule has 0 saturated carbocycles. The van der Waals surface area contributed by atoms with E-state index in [1.165, 1.54) is 37.4 Å². The lowest BCUT2D eigenvalue weighted by Crippen LogP contribution is -2.39. The molecule has 184 valence electrons. The smallest absolute Gasteiger partial charge is 0.323 e. The number of benzene rings is 1. The molecule has 2 heterocycles. The van der Waals surface area contributed by atoms with Gasteiger partial charge in [-0.3, -0.25) is 13.7 Å². The molecular weight excluding hydrogens is 536 g/mol. The van der Waals surface area contributed by atoms with Gasteiger partial charge in [-0.2, -0.15) is 0 Å². The van der Waals surface area contributed by atoms with Crippen LogP contribution in [-0.4, -0.2) is 45.1 Å². The molecule has 3 aromatic rings. The van der Waals surface area contributed by atoms with Gasteiger partial charge in [-0.25, -0.2) is 13.4 Å². The fourth-order valence-electron chi connectivity index (χ4n) is 3.77. The van der Waals surface area contributed by atoms with Crippen molar-refractivity contribution in [2.24, 2.45) is 0 Å². The zero-order valence-corrected chi connectivity index (χ0v) is 21.5. The molecule has 9 nitrogen and oxygen atoms in total. The third kappa shape index (κ3) is 5.53. The highest BCUT2D eigenvalue weighted by Gasteiger charge is 2.36. The number of halogens is 2. The van der Waals surface area contributed by atoms with Crippen LogP contribution in [0.5, 0.6) is 0 Å². The lowest BCUT2D eigenvalue weighted by Gasteiger charge is -2.29. The van der Waals surface area contributed by atoms with E-state index < -0.39 is 29.2 Å². The maximum atomic E-state index is 13.5. The highest BCUT2D eigenvalue weighted by Crippen LogP contribution is 2.41. The Morgan fingerprint density at radius 1 is 1.23 bits per heavy atom. The largest absolute Gasteiger partial charge is 0.345 e. The second-order valence-corrected chi connectivity index (χ2v) is 12.6. The Hall–Kier alpha value is -2.46. The molecule has 4 rings (SSSR count). The fraction of sp³-hybridized carbons (Fsp3) is 0.182. The Morgan fingerprint density at radius 3 is 2.63 bits per heavy atom. The van der Waals surface area contributed by atoms with Crippen molar-refractivity contribution in [3.05, 3.63) is 76.6 Å². The van der Waals surface area contributed by atoms with Gasteiger partial charge >= 0.3 is 7.60 Å². The van der Waals surface area contributed by atoms with E-state index in [1.54, 1.807) is 35.0 Å². The summed E-state index contributed by atoms with van der Waals surface area (Å²) in [6.07, 6.45) is 4.81. The van der Waals surface area contributed by atoms with Gasteiger partial charge in [0.05, 0.1) is 11.2 Å². The molecule has 1 aliphatic rings. The summed E-state index contributed by atoms with van der Waals surface area (Å²) in [6, 6.07) is 9.53. The second kappa shape index (κ2) is 9.54. The summed E-state index contributed by atoms with van der Waals surface area (Å²) >= 11 is 12.0. The number of carbonyl (C=O) groups is 1. The minimum Gasteiger partial charge on any atom is -0.323 e. The van der Waals surface area contributed by atoms with Crippen LogP contribution >= 0.6 is 30.8 Å². The zero-order chi connectivity index (χ0) is 25.5. The number of rotatable bonds is 7. The fourth-order valence-corrected chi connectivity index (χ4v) is 7.60. The molecule has 0 spiro atoms. The van der Waals surface area contributed by atoms with Gasteiger partial charge < -0.3 is 14.4 Å². The first-order valence-electron chi connectivity index (χ1n) is 10.2. The predicted molar refractivity (Wildman–Crippen MR) is 136 cm³/mol. The van der Waals surface area contributed by atoms with Crippen LogP contribution in [0, 0.1) is 0 Å². The Bertz CT molecular complexity index is 1540. The van der Waals surface area contributed by atoms with Crippen LogP contribution in [0.25, 0.3) is 16.7 Å². The summed E-state index contributed by atoms with van der Waals surface area (Å²) in [7, 11) is -9.09. The Morgan fingerprint density at radius 2 is 1.97 bits per heavy atom. The van der Waals surface area contributed by atoms with Gasteiger partial charge in [0.25, 0.3) is 0 Å². The summed E-state index contributed by atoms with van der Waals surface area (Å²) < 4.78 is 41.2. The van der Waals surface area contributed by atoms with Gasteiger partial charge in [0, 0.05) is 39.8 Å². The number of ketones is 1. The lowest BCUT2D eigenvalue weighted by atomic mass is 10.2. The molecule has 0 fully saturated rings. The monoisotopic (exact) mass is 555 g/mol. The van der Waals surface area contributed by atoms with E-state index in [9.17, 15) is 27.6 Å². The van der Waals surface area contributed by atoms with Crippen molar-refractivity contribution in [3.8, 4) is 5.82 Å². The van der Waals surface area contributed by atoms with E-state index in [1.807, 2.05) is 0 Å². The molecule has 0 saturated heterocycles. The van der Waals surface area contributed by atoms with Crippen molar-refractivity contribution in [2.75, 3.05) is 10.6 Å². The molecule has 1 atom stereocenters. The van der Waals surface area contributed by atoms with Crippen molar-refractivity contribution >= 4 is 63.2 Å². The van der Waals surface area contributed by atoms with E-state index in [4.69, 9.17) is 23.2 Å². The number of fused-ring (bicyclic) bond motifs is 1. The highest BCUT2D eigenvalue weighted by molar-refractivity contribution is 7.93. The van der Waals surface area contributed by atoms with Gasteiger partial charge in [0.15, 0.2) is 5.78 Å². The standard InChI is InChI=1S/C22H20Cl2N3O6PS/c1-14(28)15-4-6-25-22(9-15)26-7-5-16-8-19(2-3-21(16)26)27(13-34(29,30)31)35(32,33)20-11-17(23)10-18(24)12-20/h2-11,20H,12-13H2,1H3,(H2,29,30,31). The Balaban J connectivity index is 1.78. The molecular formula is C22H20Cl2N3O6PS. The molecule has 1 aromatic carbocycles. The van der Waals surface area contributed by atoms with Crippen LogP contribution in [0.3, 0.4) is 0 Å². The van der Waals surface area contributed by atoms with E-state index in [0.29, 0.717) is 26.6 Å². The normalized spacial score (nSPS) is 16.7. The van der Waals surface area contributed by atoms with Crippen LogP contribution in [0.1, 0.15) is 23.7 Å². The maximum Gasteiger partial charge on any atom is 0.345 e. The van der Waals surface area contributed by atoms with E-state index in [-0.39, 0.29) is 28.0 Å².